The van der Waals surface area contributed by atoms with Crippen molar-refractivity contribution in [2.24, 2.45) is 0 Å². The molecule has 0 saturated heterocycles. The predicted octanol–water partition coefficient (Wildman–Crippen LogP) is 3.64. The van der Waals surface area contributed by atoms with Crippen LogP contribution in [0.4, 0.5) is 0 Å². The highest BCUT2D eigenvalue weighted by Gasteiger charge is 2.07. The molecule has 1 aromatic heterocycles. The first-order valence-electron chi connectivity index (χ1n) is 4.68. The molecular formula is C12H11NS. The highest BCUT2D eigenvalue weighted by Crippen LogP contribution is 2.31. The van der Waals surface area contributed by atoms with Crippen molar-refractivity contribution in [2.45, 2.75) is 20.3 Å². The summed E-state index contributed by atoms with van der Waals surface area (Å²) in [6, 6.07) is 8.11. The van der Waals surface area contributed by atoms with Crippen LogP contribution in [-0.2, 0) is 6.42 Å². The van der Waals surface area contributed by atoms with Crippen LogP contribution >= 0.6 is 11.3 Å². The van der Waals surface area contributed by atoms with Gasteiger partial charge in [-0.3, -0.25) is 0 Å². The van der Waals surface area contributed by atoms with Crippen molar-refractivity contribution < 1.29 is 0 Å². The first-order chi connectivity index (χ1) is 6.76. The van der Waals surface area contributed by atoms with Crippen molar-refractivity contribution in [3.8, 4) is 6.07 Å². The van der Waals surface area contributed by atoms with Crippen LogP contribution in [0.1, 0.15) is 22.9 Å². The number of fused-ring (bicyclic) bond motifs is 1. The van der Waals surface area contributed by atoms with E-state index in [9.17, 15) is 0 Å². The third-order valence-corrected chi connectivity index (χ3v) is 3.59. The van der Waals surface area contributed by atoms with Crippen LogP contribution in [0, 0.1) is 18.3 Å². The monoisotopic (exact) mass is 201 g/mol. The van der Waals surface area contributed by atoms with Gasteiger partial charge in [-0.1, -0.05) is 13.0 Å². The van der Waals surface area contributed by atoms with Crippen LogP contribution < -0.4 is 0 Å². The van der Waals surface area contributed by atoms with Gasteiger partial charge in [0.2, 0.25) is 0 Å². The van der Waals surface area contributed by atoms with Crippen molar-refractivity contribution in [1.82, 2.24) is 0 Å². The minimum absolute atomic E-state index is 0.751. The Labute approximate surface area is 87.6 Å². The number of hydrogen-bond donors (Lipinski definition) is 0. The second kappa shape index (κ2) is 3.43. The van der Waals surface area contributed by atoms with Gasteiger partial charge in [-0.05, 0) is 36.4 Å². The summed E-state index contributed by atoms with van der Waals surface area (Å²) < 4.78 is 1.23. The molecule has 1 aromatic carbocycles. The molecule has 0 amide bonds. The number of nitrogens with zero attached hydrogens (tertiary/aromatic N) is 1. The molecule has 0 aliphatic rings. The summed E-state index contributed by atoms with van der Waals surface area (Å²) in [5, 5.41) is 10.1. The zero-order valence-electron chi connectivity index (χ0n) is 8.29. The molecular weight excluding hydrogens is 190 g/mol. The van der Waals surface area contributed by atoms with E-state index in [0.717, 1.165) is 12.0 Å². The Hall–Kier alpha value is -1.33. The average molecular weight is 201 g/mol. The molecule has 0 bridgehead atoms. The summed E-state index contributed by atoms with van der Waals surface area (Å²) in [5.74, 6) is 0. The highest BCUT2D eigenvalue weighted by molar-refractivity contribution is 7.19. The summed E-state index contributed by atoms with van der Waals surface area (Å²) in [6.07, 6.45) is 1.07. The maximum atomic E-state index is 8.78. The van der Waals surface area contributed by atoms with Gasteiger partial charge in [0.1, 0.15) is 0 Å². The molecule has 1 nitrogen and oxygen atoms in total. The maximum absolute atomic E-state index is 8.78. The van der Waals surface area contributed by atoms with Gasteiger partial charge < -0.3 is 0 Å². The van der Waals surface area contributed by atoms with Crippen molar-refractivity contribution >= 4 is 21.4 Å². The van der Waals surface area contributed by atoms with Gasteiger partial charge in [-0.15, -0.1) is 11.3 Å². The molecule has 1 heterocycles. The van der Waals surface area contributed by atoms with Crippen molar-refractivity contribution in [2.75, 3.05) is 0 Å². The van der Waals surface area contributed by atoms with Crippen LogP contribution in [0.5, 0.6) is 0 Å². The fraction of sp³-hybridized carbons (Fsp3) is 0.250. The van der Waals surface area contributed by atoms with E-state index in [-0.39, 0.29) is 0 Å². The topological polar surface area (TPSA) is 23.8 Å². The van der Waals surface area contributed by atoms with Gasteiger partial charge in [0.25, 0.3) is 0 Å². The third-order valence-electron chi connectivity index (χ3n) is 2.48. The van der Waals surface area contributed by atoms with E-state index >= 15 is 0 Å². The molecule has 0 atom stereocenters. The molecule has 2 rings (SSSR count). The molecule has 0 saturated carbocycles. The minimum Gasteiger partial charge on any atom is -0.192 e. The molecule has 0 N–H and O–H groups in total. The summed E-state index contributed by atoms with van der Waals surface area (Å²) in [4.78, 5) is 1.37. The molecule has 0 aliphatic carbocycles. The number of rotatable bonds is 1. The fourth-order valence-electron chi connectivity index (χ4n) is 1.78. The zero-order valence-corrected chi connectivity index (χ0v) is 9.11. The molecule has 2 heteroatoms. The molecule has 0 radical (unpaired) electrons. The van der Waals surface area contributed by atoms with E-state index in [4.69, 9.17) is 5.26 Å². The molecule has 0 aliphatic heterocycles. The fourth-order valence-corrected chi connectivity index (χ4v) is 2.98. The standard InChI is InChI=1S/C12H11NS/c1-3-10-8(2)14-12-6-9(7-13)4-5-11(10)12/h4-6H,3H2,1-2H3. The van der Waals surface area contributed by atoms with Gasteiger partial charge in [-0.2, -0.15) is 5.26 Å². The molecule has 14 heavy (non-hydrogen) atoms. The lowest BCUT2D eigenvalue weighted by atomic mass is 10.1. The normalized spacial score (nSPS) is 10.4. The van der Waals surface area contributed by atoms with E-state index in [1.54, 1.807) is 11.3 Å². The smallest absolute Gasteiger partial charge is 0.0992 e. The van der Waals surface area contributed by atoms with Crippen LogP contribution in [0.25, 0.3) is 10.1 Å². The molecule has 0 fully saturated rings. The summed E-state index contributed by atoms with van der Waals surface area (Å²) in [6.45, 7) is 4.32. The lowest BCUT2D eigenvalue weighted by molar-refractivity contribution is 1.15. The lowest BCUT2D eigenvalue weighted by Crippen LogP contribution is -1.79. The van der Waals surface area contributed by atoms with E-state index in [2.05, 4.69) is 26.0 Å². The summed E-state index contributed by atoms with van der Waals surface area (Å²) >= 11 is 1.78. The Morgan fingerprint density at radius 2 is 2.21 bits per heavy atom. The van der Waals surface area contributed by atoms with E-state index in [0.29, 0.717) is 0 Å². The predicted molar refractivity (Wildman–Crippen MR) is 60.7 cm³/mol. The van der Waals surface area contributed by atoms with Crippen LogP contribution in [0.2, 0.25) is 0 Å². The molecule has 2 aromatic rings. The van der Waals surface area contributed by atoms with E-state index < -0.39 is 0 Å². The Bertz CT molecular complexity index is 517. The van der Waals surface area contributed by atoms with Gasteiger partial charge in [0.15, 0.2) is 0 Å². The Morgan fingerprint density at radius 1 is 1.43 bits per heavy atom. The number of benzene rings is 1. The second-order valence-corrected chi connectivity index (χ2v) is 4.57. The van der Waals surface area contributed by atoms with Gasteiger partial charge >= 0.3 is 0 Å². The number of aryl methyl sites for hydroxylation is 2. The second-order valence-electron chi connectivity index (χ2n) is 3.31. The number of thiophene rings is 1. The third kappa shape index (κ3) is 1.30. The molecule has 70 valence electrons. The SMILES string of the molecule is CCc1c(C)sc2cc(C#N)ccc12. The summed E-state index contributed by atoms with van der Waals surface area (Å²) in [5.41, 5.74) is 2.18. The van der Waals surface area contributed by atoms with Gasteiger partial charge in [0.05, 0.1) is 11.6 Å². The largest absolute Gasteiger partial charge is 0.192 e. The lowest BCUT2D eigenvalue weighted by Gasteiger charge is -1.95. The average Bonchev–Trinajstić information content (AvgIpc) is 2.51. The quantitative estimate of drug-likeness (QED) is 0.691. The number of hydrogen-bond acceptors (Lipinski definition) is 2. The first kappa shape index (κ1) is 9.23. The molecule has 0 unspecified atom stereocenters. The van der Waals surface area contributed by atoms with Crippen LogP contribution in [0.15, 0.2) is 18.2 Å². The van der Waals surface area contributed by atoms with Crippen LogP contribution in [-0.4, -0.2) is 0 Å². The van der Waals surface area contributed by atoms with Gasteiger partial charge in [0, 0.05) is 9.58 Å². The molecule has 0 spiro atoms. The van der Waals surface area contributed by atoms with Crippen molar-refractivity contribution in [3.63, 3.8) is 0 Å². The Balaban J connectivity index is 2.76. The highest BCUT2D eigenvalue weighted by atomic mass is 32.1. The zero-order chi connectivity index (χ0) is 10.1. The first-order valence-corrected chi connectivity index (χ1v) is 5.50. The maximum Gasteiger partial charge on any atom is 0.0992 e. The Kier molecular flexibility index (Phi) is 2.26. The minimum atomic E-state index is 0.751. The Morgan fingerprint density at radius 3 is 2.86 bits per heavy atom. The van der Waals surface area contributed by atoms with Crippen molar-refractivity contribution in [1.29, 1.82) is 5.26 Å². The van der Waals surface area contributed by atoms with E-state index in [1.807, 2.05) is 12.1 Å². The van der Waals surface area contributed by atoms with Crippen molar-refractivity contribution in [3.05, 3.63) is 34.2 Å². The summed E-state index contributed by atoms with van der Waals surface area (Å²) in [7, 11) is 0. The van der Waals surface area contributed by atoms with Gasteiger partial charge in [-0.25, -0.2) is 0 Å². The van der Waals surface area contributed by atoms with E-state index in [1.165, 1.54) is 20.5 Å². The van der Waals surface area contributed by atoms with Crippen LogP contribution in [0.3, 0.4) is 0 Å². The number of nitriles is 1.